The van der Waals surface area contributed by atoms with Gasteiger partial charge in [0.05, 0.1) is 11.4 Å². The second-order valence-electron chi connectivity index (χ2n) is 3.83. The van der Waals surface area contributed by atoms with Crippen LogP contribution in [-0.4, -0.2) is 25.6 Å². The number of anilines is 1. The van der Waals surface area contributed by atoms with Crippen molar-refractivity contribution in [2.75, 3.05) is 11.4 Å². The molecule has 1 aromatic heterocycles. The number of hydrogen-bond acceptors (Lipinski definition) is 5. The first-order chi connectivity index (χ1) is 8.82. The van der Waals surface area contributed by atoms with Gasteiger partial charge in [0.2, 0.25) is 0 Å². The van der Waals surface area contributed by atoms with Crippen LogP contribution >= 0.6 is 22.9 Å². The molecule has 19 heavy (non-hydrogen) atoms. The largest absolute Gasteiger partial charge is 0.508 e. The van der Waals surface area contributed by atoms with E-state index in [-0.39, 0.29) is 14.4 Å². The fourth-order valence-corrected chi connectivity index (χ4v) is 4.62. The molecule has 0 amide bonds. The Morgan fingerprint density at radius 2 is 2.11 bits per heavy atom. The van der Waals surface area contributed by atoms with Crippen LogP contribution in [0.3, 0.4) is 0 Å². The van der Waals surface area contributed by atoms with Crippen molar-refractivity contribution in [2.24, 2.45) is 0 Å². The minimum atomic E-state index is -3.72. The summed E-state index contributed by atoms with van der Waals surface area (Å²) < 4.78 is 26.2. The van der Waals surface area contributed by atoms with E-state index < -0.39 is 10.0 Å². The zero-order valence-corrected chi connectivity index (χ0v) is 12.6. The van der Waals surface area contributed by atoms with Crippen LogP contribution in [0.15, 0.2) is 28.5 Å². The fraction of sp³-hybridized carbons (Fsp3) is 0.182. The highest BCUT2D eigenvalue weighted by atomic mass is 35.5. The van der Waals surface area contributed by atoms with E-state index in [9.17, 15) is 13.5 Å². The van der Waals surface area contributed by atoms with E-state index in [0.717, 1.165) is 15.6 Å². The number of phenols is 1. The predicted molar refractivity (Wildman–Crippen MR) is 75.6 cm³/mol. The van der Waals surface area contributed by atoms with Crippen molar-refractivity contribution >= 4 is 38.6 Å². The van der Waals surface area contributed by atoms with E-state index in [4.69, 9.17) is 11.6 Å². The molecule has 0 bridgehead atoms. The lowest BCUT2D eigenvalue weighted by Crippen LogP contribution is -2.26. The van der Waals surface area contributed by atoms with Gasteiger partial charge >= 0.3 is 0 Å². The molecule has 2 aromatic rings. The number of aryl methyl sites for hydroxylation is 1. The molecular weight excluding hydrogens is 308 g/mol. The summed E-state index contributed by atoms with van der Waals surface area (Å²) in [6.07, 6.45) is 0. The Morgan fingerprint density at radius 3 is 2.63 bits per heavy atom. The third kappa shape index (κ3) is 2.68. The average molecular weight is 319 g/mol. The van der Waals surface area contributed by atoms with Crippen LogP contribution in [0.2, 0.25) is 4.47 Å². The number of hydrogen-bond donors (Lipinski definition) is 1. The van der Waals surface area contributed by atoms with Crippen LogP contribution in [-0.2, 0) is 10.0 Å². The first-order valence-electron chi connectivity index (χ1n) is 5.23. The van der Waals surface area contributed by atoms with Gasteiger partial charge < -0.3 is 5.11 Å². The summed E-state index contributed by atoms with van der Waals surface area (Å²) in [7, 11) is -2.31. The third-order valence-electron chi connectivity index (χ3n) is 2.52. The summed E-state index contributed by atoms with van der Waals surface area (Å²) in [6.45, 7) is 1.59. The van der Waals surface area contributed by atoms with Gasteiger partial charge in [0.25, 0.3) is 10.0 Å². The third-order valence-corrected chi connectivity index (χ3v) is 6.15. The Hall–Kier alpha value is -1.31. The summed E-state index contributed by atoms with van der Waals surface area (Å²) in [6, 6.07) is 6.01. The normalized spacial score (nSPS) is 11.5. The molecular formula is C11H11ClN2O3S2. The number of aromatic nitrogens is 1. The van der Waals surface area contributed by atoms with Crippen LogP contribution in [0.4, 0.5) is 5.69 Å². The predicted octanol–water partition coefficient (Wildman–Crippen LogP) is 2.64. The SMILES string of the molecule is Cc1nc(Cl)sc1S(=O)(=O)N(C)c1cccc(O)c1. The molecule has 8 heteroatoms. The molecule has 0 spiro atoms. The highest BCUT2D eigenvalue weighted by Crippen LogP contribution is 2.31. The van der Waals surface area contributed by atoms with Gasteiger partial charge in [-0.3, -0.25) is 4.31 Å². The highest BCUT2D eigenvalue weighted by Gasteiger charge is 2.26. The molecule has 0 aliphatic carbocycles. The van der Waals surface area contributed by atoms with E-state index in [1.165, 1.54) is 19.2 Å². The minimum absolute atomic E-state index is 0.00129. The molecule has 0 fully saturated rings. The van der Waals surface area contributed by atoms with Gasteiger partial charge in [-0.05, 0) is 19.1 Å². The zero-order valence-electron chi connectivity index (χ0n) is 10.2. The van der Waals surface area contributed by atoms with E-state index in [2.05, 4.69) is 4.98 Å². The molecule has 2 rings (SSSR count). The Labute approximate surface area is 120 Å². The molecule has 5 nitrogen and oxygen atoms in total. The van der Waals surface area contributed by atoms with Crippen molar-refractivity contribution < 1.29 is 13.5 Å². The van der Waals surface area contributed by atoms with E-state index in [1.54, 1.807) is 19.1 Å². The topological polar surface area (TPSA) is 70.5 Å². The lowest BCUT2D eigenvalue weighted by molar-refractivity contribution is 0.475. The number of halogens is 1. The minimum Gasteiger partial charge on any atom is -0.508 e. The Morgan fingerprint density at radius 1 is 1.42 bits per heavy atom. The highest BCUT2D eigenvalue weighted by molar-refractivity contribution is 7.94. The molecule has 1 heterocycles. The van der Waals surface area contributed by atoms with Crippen molar-refractivity contribution in [3.05, 3.63) is 34.4 Å². The number of phenolic OH excluding ortho intramolecular Hbond substituents is 1. The number of rotatable bonds is 3. The van der Waals surface area contributed by atoms with Gasteiger partial charge in [-0.25, -0.2) is 13.4 Å². The molecule has 0 saturated heterocycles. The molecule has 102 valence electrons. The number of benzene rings is 1. The standard InChI is InChI=1S/C11H11ClN2O3S2/c1-7-10(18-11(12)13-7)19(16,17)14(2)8-4-3-5-9(15)6-8/h3-6,15H,1-2H3. The first kappa shape index (κ1) is 14.1. The maximum Gasteiger partial charge on any atom is 0.275 e. The van der Waals surface area contributed by atoms with Gasteiger partial charge in [0.15, 0.2) is 8.68 Å². The number of thiazole rings is 1. The van der Waals surface area contributed by atoms with Crippen molar-refractivity contribution in [3.8, 4) is 5.75 Å². The summed E-state index contributed by atoms with van der Waals surface area (Å²) >= 11 is 6.64. The molecule has 0 radical (unpaired) electrons. The molecule has 1 N–H and O–H groups in total. The van der Waals surface area contributed by atoms with E-state index in [0.29, 0.717) is 11.4 Å². The first-order valence-corrected chi connectivity index (χ1v) is 7.86. The van der Waals surface area contributed by atoms with Crippen molar-refractivity contribution in [1.82, 2.24) is 4.98 Å². The van der Waals surface area contributed by atoms with Crippen LogP contribution in [0.5, 0.6) is 5.75 Å². The Balaban J connectivity index is 2.48. The summed E-state index contributed by atoms with van der Waals surface area (Å²) in [4.78, 5) is 3.90. The van der Waals surface area contributed by atoms with Crippen molar-refractivity contribution in [1.29, 1.82) is 0 Å². The van der Waals surface area contributed by atoms with Crippen molar-refractivity contribution in [2.45, 2.75) is 11.1 Å². The van der Waals surface area contributed by atoms with Crippen LogP contribution < -0.4 is 4.31 Å². The van der Waals surface area contributed by atoms with Gasteiger partial charge in [0, 0.05) is 13.1 Å². The average Bonchev–Trinajstić information content (AvgIpc) is 2.68. The smallest absolute Gasteiger partial charge is 0.275 e. The van der Waals surface area contributed by atoms with Crippen LogP contribution in [0, 0.1) is 6.92 Å². The van der Waals surface area contributed by atoms with Gasteiger partial charge in [-0.2, -0.15) is 0 Å². The van der Waals surface area contributed by atoms with Gasteiger partial charge in [0.1, 0.15) is 5.75 Å². The molecule has 0 saturated carbocycles. The zero-order chi connectivity index (χ0) is 14.2. The maximum absolute atomic E-state index is 12.4. The lowest BCUT2D eigenvalue weighted by atomic mass is 10.3. The summed E-state index contributed by atoms with van der Waals surface area (Å²) in [5, 5.41) is 9.40. The quantitative estimate of drug-likeness (QED) is 0.944. The fourth-order valence-electron chi connectivity index (χ4n) is 1.54. The second kappa shape index (κ2) is 4.99. The van der Waals surface area contributed by atoms with E-state index in [1.807, 2.05) is 0 Å². The van der Waals surface area contributed by atoms with E-state index >= 15 is 0 Å². The summed E-state index contributed by atoms with van der Waals surface area (Å²) in [5.41, 5.74) is 0.728. The number of nitrogens with zero attached hydrogens (tertiary/aromatic N) is 2. The Kier molecular flexibility index (Phi) is 3.71. The molecule has 1 aromatic carbocycles. The van der Waals surface area contributed by atoms with Gasteiger partial charge in [-0.15, -0.1) is 0 Å². The summed E-state index contributed by atoms with van der Waals surface area (Å²) in [5.74, 6) is -0.00129. The van der Waals surface area contributed by atoms with Crippen molar-refractivity contribution in [3.63, 3.8) is 0 Å². The maximum atomic E-state index is 12.4. The number of sulfonamides is 1. The lowest BCUT2D eigenvalue weighted by Gasteiger charge is -2.18. The van der Waals surface area contributed by atoms with Gasteiger partial charge in [-0.1, -0.05) is 29.0 Å². The van der Waals surface area contributed by atoms with Crippen LogP contribution in [0.25, 0.3) is 0 Å². The van der Waals surface area contributed by atoms with Crippen LogP contribution in [0.1, 0.15) is 5.69 Å². The molecule has 0 unspecified atom stereocenters. The second-order valence-corrected chi connectivity index (χ2v) is 7.58. The molecule has 0 aliphatic rings. The monoisotopic (exact) mass is 318 g/mol. The molecule has 0 aliphatic heterocycles. The number of aromatic hydroxyl groups is 1. The molecule has 0 atom stereocenters. The Bertz CT molecular complexity index is 712.